The summed E-state index contributed by atoms with van der Waals surface area (Å²) in [6.45, 7) is 9.79. The molecule has 1 fully saturated rings. The molecule has 106 valence electrons. The van der Waals surface area contributed by atoms with Crippen LogP contribution in [0, 0.1) is 6.92 Å². The van der Waals surface area contributed by atoms with Crippen molar-refractivity contribution in [1.29, 1.82) is 0 Å². The SMILES string of the molecule is CCOc1cc(C)nc(N(CC)C2CCCNC2)n1. The van der Waals surface area contributed by atoms with Gasteiger partial charge < -0.3 is 15.0 Å². The first kappa shape index (κ1) is 14.1. The topological polar surface area (TPSA) is 50.3 Å². The lowest BCUT2D eigenvalue weighted by molar-refractivity contribution is 0.325. The van der Waals surface area contributed by atoms with Gasteiger partial charge in [0.25, 0.3) is 0 Å². The third-order valence-corrected chi connectivity index (χ3v) is 3.42. The molecule has 1 atom stereocenters. The molecule has 1 aliphatic heterocycles. The average molecular weight is 264 g/mol. The maximum atomic E-state index is 5.52. The summed E-state index contributed by atoms with van der Waals surface area (Å²) >= 11 is 0. The number of piperidine rings is 1. The summed E-state index contributed by atoms with van der Waals surface area (Å²) in [5.41, 5.74) is 0.954. The number of aryl methyl sites for hydroxylation is 1. The summed E-state index contributed by atoms with van der Waals surface area (Å²) < 4.78 is 5.52. The molecular formula is C14H24N4O. The van der Waals surface area contributed by atoms with Crippen LogP contribution in [0.15, 0.2) is 6.07 Å². The molecule has 0 radical (unpaired) electrons. The lowest BCUT2D eigenvalue weighted by Gasteiger charge is -2.34. The summed E-state index contributed by atoms with van der Waals surface area (Å²) in [6.07, 6.45) is 2.41. The maximum Gasteiger partial charge on any atom is 0.229 e. The summed E-state index contributed by atoms with van der Waals surface area (Å²) in [6, 6.07) is 2.37. The van der Waals surface area contributed by atoms with Crippen LogP contribution in [0.1, 0.15) is 32.4 Å². The number of aromatic nitrogens is 2. The van der Waals surface area contributed by atoms with Gasteiger partial charge in [-0.15, -0.1) is 0 Å². The standard InChI is InChI=1S/C14H24N4O/c1-4-18(12-7-6-8-15-10-12)14-16-11(3)9-13(17-14)19-5-2/h9,12,15H,4-8,10H2,1-3H3. The second-order valence-corrected chi connectivity index (χ2v) is 4.87. The van der Waals surface area contributed by atoms with Crippen molar-refractivity contribution in [2.24, 2.45) is 0 Å². The molecule has 19 heavy (non-hydrogen) atoms. The summed E-state index contributed by atoms with van der Waals surface area (Å²) in [5.74, 6) is 1.46. The van der Waals surface area contributed by atoms with Crippen molar-refractivity contribution in [3.63, 3.8) is 0 Å². The van der Waals surface area contributed by atoms with Crippen LogP contribution in [0.5, 0.6) is 5.88 Å². The largest absolute Gasteiger partial charge is 0.478 e. The Balaban J connectivity index is 2.21. The number of likely N-dealkylation sites (N-methyl/N-ethyl adjacent to an activating group) is 1. The summed E-state index contributed by atoms with van der Waals surface area (Å²) in [4.78, 5) is 11.4. The van der Waals surface area contributed by atoms with Gasteiger partial charge in [0.1, 0.15) is 0 Å². The van der Waals surface area contributed by atoms with E-state index in [9.17, 15) is 0 Å². The van der Waals surface area contributed by atoms with E-state index < -0.39 is 0 Å². The van der Waals surface area contributed by atoms with Crippen LogP contribution >= 0.6 is 0 Å². The predicted octanol–water partition coefficient (Wildman–Crippen LogP) is 1.76. The monoisotopic (exact) mass is 264 g/mol. The predicted molar refractivity (Wildman–Crippen MR) is 76.8 cm³/mol. The molecule has 5 nitrogen and oxygen atoms in total. The van der Waals surface area contributed by atoms with E-state index in [1.807, 2.05) is 19.9 Å². The molecule has 1 aromatic heterocycles. The Morgan fingerprint density at radius 2 is 2.26 bits per heavy atom. The summed E-state index contributed by atoms with van der Waals surface area (Å²) in [7, 11) is 0. The van der Waals surface area contributed by atoms with Gasteiger partial charge in [-0.3, -0.25) is 0 Å². The molecule has 0 amide bonds. The van der Waals surface area contributed by atoms with Gasteiger partial charge >= 0.3 is 0 Å². The van der Waals surface area contributed by atoms with E-state index in [0.29, 0.717) is 18.5 Å². The average Bonchev–Trinajstić information content (AvgIpc) is 2.40. The Morgan fingerprint density at radius 3 is 2.89 bits per heavy atom. The van der Waals surface area contributed by atoms with Gasteiger partial charge in [-0.05, 0) is 40.2 Å². The second kappa shape index (κ2) is 6.70. The van der Waals surface area contributed by atoms with E-state index in [2.05, 4.69) is 27.1 Å². The Morgan fingerprint density at radius 1 is 1.42 bits per heavy atom. The van der Waals surface area contributed by atoms with Crippen LogP contribution in [0.3, 0.4) is 0 Å². The molecule has 1 aromatic rings. The quantitative estimate of drug-likeness (QED) is 0.878. The fraction of sp³-hybridized carbons (Fsp3) is 0.714. The third kappa shape index (κ3) is 3.56. The first-order valence-corrected chi connectivity index (χ1v) is 7.20. The molecule has 1 N–H and O–H groups in total. The third-order valence-electron chi connectivity index (χ3n) is 3.42. The molecule has 1 aliphatic rings. The fourth-order valence-corrected chi connectivity index (χ4v) is 2.54. The van der Waals surface area contributed by atoms with Crippen molar-refractivity contribution in [1.82, 2.24) is 15.3 Å². The van der Waals surface area contributed by atoms with Crippen molar-refractivity contribution in [3.8, 4) is 5.88 Å². The second-order valence-electron chi connectivity index (χ2n) is 4.87. The Hall–Kier alpha value is -1.36. The van der Waals surface area contributed by atoms with E-state index in [1.54, 1.807) is 0 Å². The number of hydrogen-bond acceptors (Lipinski definition) is 5. The molecule has 0 aliphatic carbocycles. The van der Waals surface area contributed by atoms with Crippen molar-refractivity contribution in [2.75, 3.05) is 31.1 Å². The van der Waals surface area contributed by atoms with Crippen LogP contribution < -0.4 is 15.0 Å². The van der Waals surface area contributed by atoms with Gasteiger partial charge in [0, 0.05) is 30.9 Å². The molecule has 5 heteroatoms. The highest BCUT2D eigenvalue weighted by molar-refractivity contribution is 5.36. The lowest BCUT2D eigenvalue weighted by Crippen LogP contribution is -2.46. The molecule has 1 unspecified atom stereocenters. The first-order valence-electron chi connectivity index (χ1n) is 7.20. The van der Waals surface area contributed by atoms with Crippen LogP contribution in [-0.2, 0) is 0 Å². The van der Waals surface area contributed by atoms with Gasteiger partial charge in [-0.1, -0.05) is 0 Å². The van der Waals surface area contributed by atoms with Crippen LogP contribution in [0.2, 0.25) is 0 Å². The van der Waals surface area contributed by atoms with E-state index in [-0.39, 0.29) is 0 Å². The minimum atomic E-state index is 0.482. The zero-order valence-corrected chi connectivity index (χ0v) is 12.1. The fourth-order valence-electron chi connectivity index (χ4n) is 2.54. The number of ether oxygens (including phenoxy) is 1. The van der Waals surface area contributed by atoms with Gasteiger partial charge in [0.15, 0.2) is 0 Å². The Bertz CT molecular complexity index is 404. The van der Waals surface area contributed by atoms with Crippen molar-refractivity contribution in [2.45, 2.75) is 39.7 Å². The molecule has 0 spiro atoms. The zero-order chi connectivity index (χ0) is 13.7. The summed E-state index contributed by atoms with van der Waals surface area (Å²) in [5, 5.41) is 3.45. The van der Waals surface area contributed by atoms with E-state index in [0.717, 1.165) is 31.3 Å². The Labute approximate surface area is 115 Å². The van der Waals surface area contributed by atoms with Crippen molar-refractivity contribution in [3.05, 3.63) is 11.8 Å². The van der Waals surface area contributed by atoms with Crippen molar-refractivity contribution < 1.29 is 4.74 Å². The number of nitrogens with zero attached hydrogens (tertiary/aromatic N) is 3. The van der Waals surface area contributed by atoms with E-state index in [4.69, 9.17) is 4.74 Å². The molecule has 2 rings (SSSR count). The Kier molecular flexibility index (Phi) is 4.96. The highest BCUT2D eigenvalue weighted by atomic mass is 16.5. The minimum Gasteiger partial charge on any atom is -0.478 e. The molecule has 0 aromatic carbocycles. The van der Waals surface area contributed by atoms with Gasteiger partial charge in [0.05, 0.1) is 6.61 Å². The number of anilines is 1. The van der Waals surface area contributed by atoms with Gasteiger partial charge in [-0.25, -0.2) is 4.98 Å². The van der Waals surface area contributed by atoms with E-state index in [1.165, 1.54) is 12.8 Å². The number of nitrogens with one attached hydrogen (secondary N) is 1. The molecule has 0 bridgehead atoms. The molecule has 1 saturated heterocycles. The lowest BCUT2D eigenvalue weighted by atomic mass is 10.1. The maximum absolute atomic E-state index is 5.52. The van der Waals surface area contributed by atoms with Crippen molar-refractivity contribution >= 4 is 5.95 Å². The van der Waals surface area contributed by atoms with Crippen LogP contribution in [-0.4, -0.2) is 42.3 Å². The van der Waals surface area contributed by atoms with E-state index >= 15 is 0 Å². The van der Waals surface area contributed by atoms with Crippen LogP contribution in [0.25, 0.3) is 0 Å². The molecular weight excluding hydrogens is 240 g/mol. The highest BCUT2D eigenvalue weighted by Crippen LogP contribution is 2.20. The number of hydrogen-bond donors (Lipinski definition) is 1. The molecule has 0 saturated carbocycles. The minimum absolute atomic E-state index is 0.482. The van der Waals surface area contributed by atoms with Gasteiger partial charge in [0.2, 0.25) is 11.8 Å². The highest BCUT2D eigenvalue weighted by Gasteiger charge is 2.22. The first-order chi connectivity index (χ1) is 9.24. The van der Waals surface area contributed by atoms with Gasteiger partial charge in [-0.2, -0.15) is 4.98 Å². The zero-order valence-electron chi connectivity index (χ0n) is 12.1. The normalized spacial score (nSPS) is 19.2. The smallest absolute Gasteiger partial charge is 0.229 e. The van der Waals surface area contributed by atoms with Crippen LogP contribution in [0.4, 0.5) is 5.95 Å². The molecule has 2 heterocycles. The number of rotatable bonds is 5.